The molecule has 2 rings (SSSR count). The van der Waals surface area contributed by atoms with Crippen molar-refractivity contribution in [2.24, 2.45) is 0 Å². The third-order valence-electron chi connectivity index (χ3n) is 3.88. The number of amides is 2. The predicted octanol–water partition coefficient (Wildman–Crippen LogP) is 3.91. The summed E-state index contributed by atoms with van der Waals surface area (Å²) in [7, 11) is 0. The number of carbonyl (C=O) groups excluding carboxylic acids is 3. The van der Waals surface area contributed by atoms with E-state index in [2.05, 4.69) is 10.6 Å². The van der Waals surface area contributed by atoms with Crippen molar-refractivity contribution in [2.75, 3.05) is 11.9 Å². The normalized spacial score (nSPS) is 11.5. The molecule has 0 radical (unpaired) electrons. The Morgan fingerprint density at radius 2 is 1.82 bits per heavy atom. The molecule has 0 aliphatic heterocycles. The maximum atomic E-state index is 12.2. The number of nitrogens with one attached hydrogen (secondary N) is 2. The molecule has 0 heterocycles. The van der Waals surface area contributed by atoms with Crippen molar-refractivity contribution in [3.05, 3.63) is 63.1 Å². The number of halogens is 2. The molecule has 2 aromatic carbocycles. The Bertz CT molecular complexity index is 915. The van der Waals surface area contributed by atoms with Gasteiger partial charge >= 0.3 is 5.97 Å². The molecule has 0 saturated carbocycles. The Labute approximate surface area is 173 Å². The molecule has 0 unspecified atom stereocenters. The van der Waals surface area contributed by atoms with Crippen LogP contribution in [0, 0.1) is 13.8 Å². The number of esters is 1. The van der Waals surface area contributed by atoms with Crippen LogP contribution in [0.3, 0.4) is 0 Å². The third kappa shape index (κ3) is 5.71. The average Bonchev–Trinajstić information content (AvgIpc) is 2.66. The lowest BCUT2D eigenvalue weighted by Crippen LogP contribution is -2.40. The molecular weight excluding hydrogens is 403 g/mol. The number of hydrogen-bond acceptors (Lipinski definition) is 4. The zero-order valence-corrected chi connectivity index (χ0v) is 17.1. The largest absolute Gasteiger partial charge is 0.454 e. The fraction of sp³-hybridized carbons (Fsp3) is 0.250. The molecule has 2 N–H and O–H groups in total. The van der Waals surface area contributed by atoms with Gasteiger partial charge in [0.2, 0.25) is 0 Å². The summed E-state index contributed by atoms with van der Waals surface area (Å²) in [5.41, 5.74) is 2.35. The van der Waals surface area contributed by atoms with Crippen molar-refractivity contribution in [3.63, 3.8) is 0 Å². The van der Waals surface area contributed by atoms with Crippen molar-refractivity contribution in [3.8, 4) is 0 Å². The molecule has 0 aliphatic carbocycles. The van der Waals surface area contributed by atoms with E-state index in [-0.39, 0.29) is 10.7 Å². The molecule has 2 aromatic rings. The van der Waals surface area contributed by atoms with Crippen LogP contribution in [-0.4, -0.2) is 30.4 Å². The quantitative estimate of drug-likeness (QED) is 0.690. The molecule has 8 heteroatoms. The first kappa shape index (κ1) is 21.7. The molecular formula is C20H20Cl2N2O4. The van der Waals surface area contributed by atoms with Gasteiger partial charge in [-0.15, -0.1) is 0 Å². The van der Waals surface area contributed by atoms with Crippen LogP contribution < -0.4 is 10.6 Å². The van der Waals surface area contributed by atoms with Gasteiger partial charge in [0.05, 0.1) is 15.7 Å². The number of rotatable bonds is 6. The van der Waals surface area contributed by atoms with Gasteiger partial charge in [-0.3, -0.25) is 9.59 Å². The second kappa shape index (κ2) is 9.57. The molecule has 0 fully saturated rings. The number of hydrogen-bond donors (Lipinski definition) is 2. The highest BCUT2D eigenvalue weighted by Gasteiger charge is 2.20. The monoisotopic (exact) mass is 422 g/mol. The number of ether oxygens (including phenoxy) is 1. The average molecular weight is 423 g/mol. The van der Waals surface area contributed by atoms with Gasteiger partial charge in [0, 0.05) is 5.56 Å². The minimum absolute atomic E-state index is 0.255. The number of anilines is 1. The summed E-state index contributed by atoms with van der Waals surface area (Å²) in [4.78, 5) is 36.3. The molecule has 6 nitrogen and oxygen atoms in total. The van der Waals surface area contributed by atoms with Gasteiger partial charge in [-0.2, -0.15) is 0 Å². The molecule has 0 saturated heterocycles. The van der Waals surface area contributed by atoms with Crippen LogP contribution >= 0.6 is 23.2 Å². The summed E-state index contributed by atoms with van der Waals surface area (Å²) < 4.78 is 4.96. The lowest BCUT2D eigenvalue weighted by Gasteiger charge is -2.14. The van der Waals surface area contributed by atoms with Crippen LogP contribution in [0.2, 0.25) is 10.0 Å². The van der Waals surface area contributed by atoms with Gasteiger partial charge in [0.25, 0.3) is 11.8 Å². The van der Waals surface area contributed by atoms with Gasteiger partial charge in [0.15, 0.2) is 6.61 Å². The SMILES string of the molecule is Cc1cccc(C(=O)N[C@@H](C)C(=O)OCC(=O)Nc2c(Cl)ccc(C)c2Cl)c1. The van der Waals surface area contributed by atoms with E-state index in [0.717, 1.165) is 11.1 Å². The van der Waals surface area contributed by atoms with Gasteiger partial charge in [-0.25, -0.2) is 4.79 Å². The fourth-order valence-corrected chi connectivity index (χ4v) is 2.80. The van der Waals surface area contributed by atoms with Crippen LogP contribution in [0.1, 0.15) is 28.4 Å². The van der Waals surface area contributed by atoms with Crippen LogP contribution in [0.5, 0.6) is 0 Å². The summed E-state index contributed by atoms with van der Waals surface area (Å²) in [6, 6.07) is 9.36. The van der Waals surface area contributed by atoms with Crippen molar-refractivity contribution in [1.29, 1.82) is 0 Å². The lowest BCUT2D eigenvalue weighted by atomic mass is 10.1. The second-order valence-electron chi connectivity index (χ2n) is 6.27. The summed E-state index contributed by atoms with van der Waals surface area (Å²) in [5, 5.41) is 5.64. The van der Waals surface area contributed by atoms with E-state index < -0.39 is 30.4 Å². The third-order valence-corrected chi connectivity index (χ3v) is 4.68. The van der Waals surface area contributed by atoms with E-state index in [1.165, 1.54) is 6.92 Å². The van der Waals surface area contributed by atoms with Crippen LogP contribution in [0.25, 0.3) is 0 Å². The Morgan fingerprint density at radius 3 is 2.50 bits per heavy atom. The topological polar surface area (TPSA) is 84.5 Å². The van der Waals surface area contributed by atoms with Gasteiger partial charge < -0.3 is 15.4 Å². The minimum Gasteiger partial charge on any atom is -0.454 e. The zero-order chi connectivity index (χ0) is 20.8. The van der Waals surface area contributed by atoms with Gasteiger partial charge in [0.1, 0.15) is 6.04 Å². The van der Waals surface area contributed by atoms with Gasteiger partial charge in [-0.05, 0) is 44.5 Å². The molecule has 1 atom stereocenters. The lowest BCUT2D eigenvalue weighted by molar-refractivity contribution is -0.148. The first-order valence-electron chi connectivity index (χ1n) is 8.47. The Hall–Kier alpha value is -2.57. The van der Waals surface area contributed by atoms with Crippen molar-refractivity contribution in [2.45, 2.75) is 26.8 Å². The molecule has 148 valence electrons. The van der Waals surface area contributed by atoms with E-state index in [1.54, 1.807) is 37.3 Å². The van der Waals surface area contributed by atoms with Crippen LogP contribution in [0.4, 0.5) is 5.69 Å². The molecule has 2 amide bonds. The first-order valence-corrected chi connectivity index (χ1v) is 9.23. The highest BCUT2D eigenvalue weighted by molar-refractivity contribution is 6.40. The van der Waals surface area contributed by atoms with E-state index >= 15 is 0 Å². The Kier molecular flexibility index (Phi) is 7.43. The summed E-state index contributed by atoms with van der Waals surface area (Å²) in [6.45, 7) is 4.57. The first-order chi connectivity index (χ1) is 13.2. The van der Waals surface area contributed by atoms with E-state index in [0.29, 0.717) is 10.6 Å². The number of aryl methyl sites for hydroxylation is 2. The Morgan fingerprint density at radius 1 is 1.11 bits per heavy atom. The summed E-state index contributed by atoms with van der Waals surface area (Å²) in [5.74, 6) is -1.74. The summed E-state index contributed by atoms with van der Waals surface area (Å²) in [6.07, 6.45) is 0. The number of benzene rings is 2. The molecule has 0 aliphatic rings. The minimum atomic E-state index is -0.924. The molecule has 28 heavy (non-hydrogen) atoms. The molecule has 0 aromatic heterocycles. The number of carbonyl (C=O) groups is 3. The van der Waals surface area contributed by atoms with Crippen molar-refractivity contribution >= 4 is 46.7 Å². The van der Waals surface area contributed by atoms with E-state index in [4.69, 9.17) is 27.9 Å². The van der Waals surface area contributed by atoms with Crippen molar-refractivity contribution < 1.29 is 19.1 Å². The van der Waals surface area contributed by atoms with Crippen molar-refractivity contribution in [1.82, 2.24) is 5.32 Å². The smallest absolute Gasteiger partial charge is 0.328 e. The van der Waals surface area contributed by atoms with Crippen LogP contribution in [0.15, 0.2) is 36.4 Å². The summed E-state index contributed by atoms with van der Waals surface area (Å²) >= 11 is 12.2. The standard InChI is InChI=1S/C20H20Cl2N2O4/c1-11-5-4-6-14(9-11)19(26)23-13(3)20(27)28-10-16(25)24-18-15(21)8-7-12(2)17(18)22/h4-9,13H,10H2,1-3H3,(H,23,26)(H,24,25)/t13-/m0/s1. The van der Waals surface area contributed by atoms with E-state index in [9.17, 15) is 14.4 Å². The highest BCUT2D eigenvalue weighted by atomic mass is 35.5. The van der Waals surface area contributed by atoms with Gasteiger partial charge in [-0.1, -0.05) is 47.0 Å². The second-order valence-corrected chi connectivity index (χ2v) is 7.06. The predicted molar refractivity (Wildman–Crippen MR) is 109 cm³/mol. The van der Waals surface area contributed by atoms with Crippen LogP contribution in [-0.2, 0) is 14.3 Å². The Balaban J connectivity index is 1.88. The fourth-order valence-electron chi connectivity index (χ4n) is 2.33. The maximum absolute atomic E-state index is 12.2. The molecule has 0 bridgehead atoms. The van der Waals surface area contributed by atoms with E-state index in [1.807, 2.05) is 13.0 Å². The maximum Gasteiger partial charge on any atom is 0.328 e. The highest BCUT2D eigenvalue weighted by Crippen LogP contribution is 2.32. The zero-order valence-electron chi connectivity index (χ0n) is 15.6. The molecule has 0 spiro atoms.